The van der Waals surface area contributed by atoms with E-state index in [0.717, 1.165) is 6.42 Å². The first-order chi connectivity index (χ1) is 6.61. The van der Waals surface area contributed by atoms with E-state index in [1.165, 1.54) is 11.1 Å². The third-order valence-corrected chi connectivity index (χ3v) is 3.31. The molecule has 1 aromatic rings. The SMILES string of the molecule is CC1Cc2c[nH]cc2C1C(C)C(=O)O. The molecule has 0 saturated heterocycles. The van der Waals surface area contributed by atoms with E-state index in [1.807, 2.05) is 12.4 Å². The van der Waals surface area contributed by atoms with Crippen molar-refractivity contribution >= 4 is 5.97 Å². The summed E-state index contributed by atoms with van der Waals surface area (Å²) < 4.78 is 0. The van der Waals surface area contributed by atoms with Crippen molar-refractivity contribution in [1.82, 2.24) is 4.98 Å². The molecule has 2 N–H and O–H groups in total. The van der Waals surface area contributed by atoms with E-state index in [0.29, 0.717) is 5.92 Å². The number of carboxylic acid groups (broad SMARTS) is 1. The van der Waals surface area contributed by atoms with Crippen molar-refractivity contribution in [3.05, 3.63) is 23.5 Å². The standard InChI is InChI=1S/C11H15NO2/c1-6-3-8-4-12-5-9(8)10(6)7(2)11(13)14/h4-7,10,12H,3H2,1-2H3,(H,13,14). The Bertz CT molecular complexity index is 356. The van der Waals surface area contributed by atoms with Crippen LogP contribution in [0.2, 0.25) is 0 Å². The molecule has 3 unspecified atom stereocenters. The minimum absolute atomic E-state index is 0.175. The molecular weight excluding hydrogens is 178 g/mol. The van der Waals surface area contributed by atoms with Crippen molar-refractivity contribution in [3.63, 3.8) is 0 Å². The normalized spacial score (nSPS) is 27.3. The summed E-state index contributed by atoms with van der Waals surface area (Å²) in [7, 11) is 0. The molecule has 1 aromatic heterocycles. The highest BCUT2D eigenvalue weighted by molar-refractivity contribution is 5.71. The highest BCUT2D eigenvalue weighted by atomic mass is 16.4. The van der Waals surface area contributed by atoms with E-state index in [-0.39, 0.29) is 11.8 Å². The van der Waals surface area contributed by atoms with Crippen LogP contribution in [-0.2, 0) is 11.2 Å². The van der Waals surface area contributed by atoms with Crippen molar-refractivity contribution in [2.75, 3.05) is 0 Å². The largest absolute Gasteiger partial charge is 0.481 e. The van der Waals surface area contributed by atoms with Crippen LogP contribution in [0.3, 0.4) is 0 Å². The highest BCUT2D eigenvalue weighted by Crippen LogP contribution is 2.42. The van der Waals surface area contributed by atoms with Gasteiger partial charge in [0.2, 0.25) is 0 Å². The summed E-state index contributed by atoms with van der Waals surface area (Å²) in [6.07, 6.45) is 4.93. The molecule has 14 heavy (non-hydrogen) atoms. The van der Waals surface area contributed by atoms with E-state index < -0.39 is 5.97 Å². The molecule has 1 aliphatic carbocycles. The molecule has 3 atom stereocenters. The number of aliphatic carboxylic acids is 1. The van der Waals surface area contributed by atoms with E-state index in [1.54, 1.807) is 6.92 Å². The summed E-state index contributed by atoms with van der Waals surface area (Å²) in [5, 5.41) is 9.01. The predicted molar refractivity (Wildman–Crippen MR) is 53.2 cm³/mol. The monoisotopic (exact) mass is 193 g/mol. The number of nitrogens with one attached hydrogen (secondary N) is 1. The maximum absolute atomic E-state index is 11.0. The fourth-order valence-corrected chi connectivity index (χ4v) is 2.59. The Balaban J connectivity index is 2.32. The highest BCUT2D eigenvalue weighted by Gasteiger charge is 2.36. The second-order valence-electron chi connectivity index (χ2n) is 4.27. The minimum atomic E-state index is -0.698. The van der Waals surface area contributed by atoms with Crippen LogP contribution in [0.15, 0.2) is 12.4 Å². The van der Waals surface area contributed by atoms with Gasteiger partial charge in [0.05, 0.1) is 5.92 Å². The summed E-state index contributed by atoms with van der Waals surface area (Å²) in [6, 6.07) is 0. The number of aromatic amines is 1. The number of carboxylic acids is 1. The Kier molecular flexibility index (Phi) is 2.10. The van der Waals surface area contributed by atoms with Gasteiger partial charge in [-0.3, -0.25) is 4.79 Å². The molecule has 0 amide bonds. The summed E-state index contributed by atoms with van der Waals surface area (Å²) in [6.45, 7) is 3.93. The lowest BCUT2D eigenvalue weighted by Gasteiger charge is -2.20. The van der Waals surface area contributed by atoms with Crippen molar-refractivity contribution < 1.29 is 9.90 Å². The average Bonchev–Trinajstić information content (AvgIpc) is 2.62. The fraction of sp³-hybridized carbons (Fsp3) is 0.545. The van der Waals surface area contributed by atoms with Crippen molar-refractivity contribution in [1.29, 1.82) is 0 Å². The molecule has 0 aromatic carbocycles. The third kappa shape index (κ3) is 1.24. The van der Waals surface area contributed by atoms with Gasteiger partial charge in [0.25, 0.3) is 0 Å². The lowest BCUT2D eigenvalue weighted by atomic mass is 9.84. The maximum Gasteiger partial charge on any atom is 0.306 e. The average molecular weight is 193 g/mol. The number of rotatable bonds is 2. The van der Waals surface area contributed by atoms with Gasteiger partial charge in [-0.05, 0) is 23.5 Å². The number of hydrogen-bond donors (Lipinski definition) is 2. The lowest BCUT2D eigenvalue weighted by molar-refractivity contribution is -0.142. The molecule has 2 rings (SSSR count). The van der Waals surface area contributed by atoms with Gasteiger partial charge >= 0.3 is 5.97 Å². The molecule has 0 bridgehead atoms. The molecule has 0 fully saturated rings. The summed E-state index contributed by atoms with van der Waals surface area (Å²) in [4.78, 5) is 14.0. The van der Waals surface area contributed by atoms with E-state index in [4.69, 9.17) is 5.11 Å². The van der Waals surface area contributed by atoms with Crippen LogP contribution >= 0.6 is 0 Å². The topological polar surface area (TPSA) is 53.1 Å². The molecule has 76 valence electrons. The van der Waals surface area contributed by atoms with Crippen molar-refractivity contribution in [3.8, 4) is 0 Å². The number of aromatic nitrogens is 1. The number of hydrogen-bond acceptors (Lipinski definition) is 1. The summed E-state index contributed by atoms with van der Waals surface area (Å²) in [5.74, 6) is -0.368. The Labute approximate surface area is 83.1 Å². The smallest absolute Gasteiger partial charge is 0.306 e. The quantitative estimate of drug-likeness (QED) is 0.754. The number of fused-ring (bicyclic) bond motifs is 1. The van der Waals surface area contributed by atoms with Gasteiger partial charge in [0.1, 0.15) is 0 Å². The van der Waals surface area contributed by atoms with Gasteiger partial charge in [0, 0.05) is 18.3 Å². The molecular formula is C11H15NO2. The van der Waals surface area contributed by atoms with Gasteiger partial charge in [-0.15, -0.1) is 0 Å². The minimum Gasteiger partial charge on any atom is -0.481 e. The molecule has 3 heteroatoms. The van der Waals surface area contributed by atoms with Gasteiger partial charge in [-0.2, -0.15) is 0 Å². The third-order valence-electron chi connectivity index (χ3n) is 3.31. The molecule has 1 aliphatic rings. The Morgan fingerprint density at radius 3 is 3.00 bits per heavy atom. The van der Waals surface area contributed by atoms with Gasteiger partial charge < -0.3 is 10.1 Å². The Morgan fingerprint density at radius 1 is 1.64 bits per heavy atom. The summed E-state index contributed by atoms with van der Waals surface area (Å²) >= 11 is 0. The molecule has 0 radical (unpaired) electrons. The maximum atomic E-state index is 11.0. The van der Waals surface area contributed by atoms with Crippen LogP contribution in [0.5, 0.6) is 0 Å². The van der Waals surface area contributed by atoms with Gasteiger partial charge in [0.15, 0.2) is 0 Å². The van der Waals surface area contributed by atoms with Gasteiger partial charge in [-0.1, -0.05) is 13.8 Å². The molecule has 0 spiro atoms. The second-order valence-corrected chi connectivity index (χ2v) is 4.27. The zero-order valence-corrected chi connectivity index (χ0v) is 8.45. The molecule has 0 aliphatic heterocycles. The van der Waals surface area contributed by atoms with Crippen LogP contribution < -0.4 is 0 Å². The first kappa shape index (κ1) is 9.31. The first-order valence-electron chi connectivity index (χ1n) is 4.99. The second kappa shape index (κ2) is 3.15. The predicted octanol–water partition coefficient (Wildman–Crippen LogP) is 2.01. The van der Waals surface area contributed by atoms with Crippen LogP contribution in [0.1, 0.15) is 30.9 Å². The van der Waals surface area contributed by atoms with Crippen LogP contribution in [0, 0.1) is 11.8 Å². The Morgan fingerprint density at radius 2 is 2.36 bits per heavy atom. The first-order valence-corrected chi connectivity index (χ1v) is 4.99. The zero-order chi connectivity index (χ0) is 10.3. The lowest BCUT2D eigenvalue weighted by Crippen LogP contribution is -2.21. The summed E-state index contributed by atoms with van der Waals surface area (Å²) in [5.41, 5.74) is 2.49. The molecule has 3 nitrogen and oxygen atoms in total. The molecule has 1 heterocycles. The van der Waals surface area contributed by atoms with Crippen LogP contribution in [0.4, 0.5) is 0 Å². The van der Waals surface area contributed by atoms with E-state index >= 15 is 0 Å². The van der Waals surface area contributed by atoms with Crippen molar-refractivity contribution in [2.24, 2.45) is 11.8 Å². The van der Waals surface area contributed by atoms with Crippen LogP contribution in [-0.4, -0.2) is 16.1 Å². The van der Waals surface area contributed by atoms with E-state index in [9.17, 15) is 4.79 Å². The zero-order valence-electron chi connectivity index (χ0n) is 8.45. The van der Waals surface area contributed by atoms with Gasteiger partial charge in [-0.25, -0.2) is 0 Å². The van der Waals surface area contributed by atoms with Crippen molar-refractivity contribution in [2.45, 2.75) is 26.2 Å². The fourth-order valence-electron chi connectivity index (χ4n) is 2.59. The van der Waals surface area contributed by atoms with Crippen LogP contribution in [0.25, 0.3) is 0 Å². The van der Waals surface area contributed by atoms with E-state index in [2.05, 4.69) is 11.9 Å². The Hall–Kier alpha value is -1.25. The number of carbonyl (C=O) groups is 1. The molecule has 0 saturated carbocycles. The number of H-pyrrole nitrogens is 1.